The van der Waals surface area contributed by atoms with Crippen LogP contribution in [0, 0.1) is 0 Å². The summed E-state index contributed by atoms with van der Waals surface area (Å²) in [6.45, 7) is 0. The number of fused-ring (bicyclic) bond motifs is 1. The van der Waals surface area contributed by atoms with Crippen LogP contribution in [0.3, 0.4) is 0 Å². The highest BCUT2D eigenvalue weighted by molar-refractivity contribution is 6.18. The Morgan fingerprint density at radius 3 is 2.86 bits per heavy atom. The predicted molar refractivity (Wildman–Crippen MR) is 50.4 cm³/mol. The molecule has 0 saturated heterocycles. The van der Waals surface area contributed by atoms with E-state index in [4.69, 9.17) is 5.84 Å². The minimum absolute atomic E-state index is 0.254. The number of carbonyl (C=O) groups excluding carboxylic acids is 2. The summed E-state index contributed by atoms with van der Waals surface area (Å²) in [5.41, 5.74) is 3.40. The number of hydrazine groups is 1. The number of amides is 3. The fourth-order valence-corrected chi connectivity index (χ4v) is 1.54. The van der Waals surface area contributed by atoms with Gasteiger partial charge in [-0.2, -0.15) is 0 Å². The van der Waals surface area contributed by atoms with Crippen molar-refractivity contribution in [2.24, 2.45) is 5.84 Å². The number of rotatable bonds is 0. The van der Waals surface area contributed by atoms with Crippen molar-refractivity contribution in [1.82, 2.24) is 5.43 Å². The fraction of sp³-hybridized carbons (Fsp3) is 0.111. The molecule has 1 aliphatic rings. The van der Waals surface area contributed by atoms with Gasteiger partial charge in [0.05, 0.1) is 12.1 Å². The average molecular weight is 191 g/mol. The molecule has 2 rings (SSSR count). The molecule has 14 heavy (non-hydrogen) atoms. The molecule has 0 fully saturated rings. The van der Waals surface area contributed by atoms with Gasteiger partial charge in [-0.1, -0.05) is 18.2 Å². The second-order valence-corrected chi connectivity index (χ2v) is 2.98. The van der Waals surface area contributed by atoms with Gasteiger partial charge in [0.15, 0.2) is 0 Å². The van der Waals surface area contributed by atoms with E-state index in [1.807, 2.05) is 17.6 Å². The molecule has 3 N–H and O–H groups in total. The highest BCUT2D eigenvalue weighted by atomic mass is 16.2. The van der Waals surface area contributed by atoms with Gasteiger partial charge in [0.1, 0.15) is 0 Å². The minimum atomic E-state index is -0.597. The van der Waals surface area contributed by atoms with Gasteiger partial charge >= 0.3 is 6.03 Å². The molecule has 3 amide bonds. The molecule has 5 heteroatoms. The lowest BCUT2D eigenvalue weighted by molar-refractivity contribution is -0.116. The zero-order chi connectivity index (χ0) is 10.1. The van der Waals surface area contributed by atoms with Gasteiger partial charge in [-0.15, -0.1) is 0 Å². The topological polar surface area (TPSA) is 75.4 Å². The molecule has 72 valence electrons. The van der Waals surface area contributed by atoms with E-state index in [0.29, 0.717) is 5.69 Å². The number of carbonyl (C=O) groups is 2. The Balaban J connectivity index is 2.44. The zero-order valence-corrected chi connectivity index (χ0v) is 7.36. The van der Waals surface area contributed by atoms with Crippen LogP contribution < -0.4 is 16.2 Å². The smallest absolute Gasteiger partial charge is 0.275 e. The molecule has 0 aliphatic carbocycles. The highest BCUT2D eigenvalue weighted by Gasteiger charge is 2.31. The van der Waals surface area contributed by atoms with E-state index in [1.165, 1.54) is 0 Å². The Hall–Kier alpha value is -1.88. The predicted octanol–water partition coefficient (Wildman–Crippen LogP) is 0.159. The first kappa shape index (κ1) is 8.71. The number of hydrogen-bond acceptors (Lipinski definition) is 3. The summed E-state index contributed by atoms with van der Waals surface area (Å²) in [4.78, 5) is 23.7. The van der Waals surface area contributed by atoms with Crippen molar-refractivity contribution in [3.05, 3.63) is 29.8 Å². The number of para-hydroxylation sites is 1. The minimum Gasteiger partial charge on any atom is -0.275 e. The van der Waals surface area contributed by atoms with Crippen molar-refractivity contribution < 1.29 is 9.59 Å². The maximum Gasteiger partial charge on any atom is 0.342 e. The van der Waals surface area contributed by atoms with Crippen molar-refractivity contribution in [2.75, 3.05) is 4.90 Å². The summed E-state index contributed by atoms with van der Waals surface area (Å²) in [6.07, 6.45) is 0.254. The Kier molecular flexibility index (Phi) is 1.94. The fourth-order valence-electron chi connectivity index (χ4n) is 1.54. The molecule has 0 radical (unpaired) electrons. The van der Waals surface area contributed by atoms with Crippen LogP contribution in [0.25, 0.3) is 0 Å². The summed E-state index contributed by atoms with van der Waals surface area (Å²) in [7, 11) is 0. The molecule has 5 nitrogen and oxygen atoms in total. The highest BCUT2D eigenvalue weighted by Crippen LogP contribution is 2.27. The Labute approximate surface area is 80.5 Å². The SMILES string of the molecule is NNC(=O)N1C(=O)Cc2ccccc21. The number of imide groups is 1. The number of benzene rings is 1. The normalized spacial score (nSPS) is 14.1. The Bertz CT molecular complexity index is 395. The lowest BCUT2D eigenvalue weighted by atomic mass is 10.2. The molecule has 0 spiro atoms. The van der Waals surface area contributed by atoms with Gasteiger partial charge in [-0.25, -0.2) is 15.5 Å². The standard InChI is InChI=1S/C9H9N3O2/c10-11-9(14)12-7-4-2-1-3-6(7)5-8(12)13/h1-4H,5,10H2,(H,11,14). The first-order chi connectivity index (χ1) is 6.74. The third kappa shape index (κ3) is 1.14. The molecule has 0 unspecified atom stereocenters. The van der Waals surface area contributed by atoms with Crippen LogP contribution in [0.1, 0.15) is 5.56 Å². The van der Waals surface area contributed by atoms with Crippen LogP contribution in [0.2, 0.25) is 0 Å². The number of nitrogens with zero attached hydrogens (tertiary/aromatic N) is 1. The van der Waals surface area contributed by atoms with Crippen LogP contribution in [-0.2, 0) is 11.2 Å². The van der Waals surface area contributed by atoms with Crippen molar-refractivity contribution in [3.8, 4) is 0 Å². The van der Waals surface area contributed by atoms with E-state index in [-0.39, 0.29) is 12.3 Å². The van der Waals surface area contributed by atoms with Crippen LogP contribution in [-0.4, -0.2) is 11.9 Å². The monoisotopic (exact) mass is 191 g/mol. The summed E-state index contributed by atoms with van der Waals surface area (Å²) in [5.74, 6) is 4.72. The average Bonchev–Trinajstić information content (AvgIpc) is 2.53. The largest absolute Gasteiger partial charge is 0.342 e. The van der Waals surface area contributed by atoms with E-state index in [0.717, 1.165) is 10.5 Å². The van der Waals surface area contributed by atoms with E-state index in [1.54, 1.807) is 12.1 Å². The van der Waals surface area contributed by atoms with E-state index in [2.05, 4.69) is 0 Å². The maximum absolute atomic E-state index is 11.4. The van der Waals surface area contributed by atoms with Crippen molar-refractivity contribution in [2.45, 2.75) is 6.42 Å². The third-order valence-electron chi connectivity index (χ3n) is 2.15. The van der Waals surface area contributed by atoms with E-state index < -0.39 is 6.03 Å². The molecule has 0 atom stereocenters. The molecule has 1 heterocycles. The maximum atomic E-state index is 11.4. The summed E-state index contributed by atoms with van der Waals surface area (Å²) in [5, 5.41) is 0. The summed E-state index contributed by atoms with van der Waals surface area (Å²) in [6, 6.07) is 6.54. The van der Waals surface area contributed by atoms with E-state index in [9.17, 15) is 9.59 Å². The number of urea groups is 1. The lowest BCUT2D eigenvalue weighted by Gasteiger charge is -2.13. The van der Waals surface area contributed by atoms with Gasteiger partial charge in [0.2, 0.25) is 5.91 Å². The van der Waals surface area contributed by atoms with Crippen LogP contribution in [0.5, 0.6) is 0 Å². The number of hydrogen-bond donors (Lipinski definition) is 2. The quantitative estimate of drug-likeness (QED) is 0.348. The molecule has 1 aromatic rings. The van der Waals surface area contributed by atoms with Crippen molar-refractivity contribution in [3.63, 3.8) is 0 Å². The molecule has 1 aromatic carbocycles. The first-order valence-electron chi connectivity index (χ1n) is 4.15. The number of anilines is 1. The van der Waals surface area contributed by atoms with Crippen LogP contribution in [0.4, 0.5) is 10.5 Å². The molecule has 0 bridgehead atoms. The lowest BCUT2D eigenvalue weighted by Crippen LogP contribution is -2.45. The molecule has 1 aliphatic heterocycles. The van der Waals surface area contributed by atoms with E-state index >= 15 is 0 Å². The number of nitrogens with one attached hydrogen (secondary N) is 1. The van der Waals surface area contributed by atoms with Gasteiger partial charge in [-0.05, 0) is 11.6 Å². The Morgan fingerprint density at radius 1 is 1.43 bits per heavy atom. The van der Waals surface area contributed by atoms with Gasteiger partial charge in [-0.3, -0.25) is 10.2 Å². The van der Waals surface area contributed by atoms with Gasteiger partial charge in [0, 0.05) is 0 Å². The van der Waals surface area contributed by atoms with Crippen molar-refractivity contribution >= 4 is 17.6 Å². The molecule has 0 saturated carbocycles. The molecule has 0 aromatic heterocycles. The number of nitrogens with two attached hydrogens (primary N) is 1. The second-order valence-electron chi connectivity index (χ2n) is 2.98. The van der Waals surface area contributed by atoms with Crippen LogP contribution >= 0.6 is 0 Å². The summed E-state index contributed by atoms with van der Waals surface area (Å²) < 4.78 is 0. The van der Waals surface area contributed by atoms with Crippen molar-refractivity contribution in [1.29, 1.82) is 0 Å². The summed E-state index contributed by atoms with van der Waals surface area (Å²) >= 11 is 0. The second kappa shape index (κ2) is 3.12. The van der Waals surface area contributed by atoms with Crippen LogP contribution in [0.15, 0.2) is 24.3 Å². The zero-order valence-electron chi connectivity index (χ0n) is 7.36. The molecular formula is C9H9N3O2. The van der Waals surface area contributed by atoms with Gasteiger partial charge in [0.25, 0.3) is 0 Å². The third-order valence-corrected chi connectivity index (χ3v) is 2.15. The molecular weight excluding hydrogens is 182 g/mol. The van der Waals surface area contributed by atoms with Gasteiger partial charge < -0.3 is 0 Å². The first-order valence-corrected chi connectivity index (χ1v) is 4.15. The Morgan fingerprint density at radius 2 is 2.14 bits per heavy atom.